The van der Waals surface area contributed by atoms with Crippen LogP contribution in [0.3, 0.4) is 0 Å². The summed E-state index contributed by atoms with van der Waals surface area (Å²) in [5.41, 5.74) is 0.0219. The van der Waals surface area contributed by atoms with Crippen molar-refractivity contribution in [2.75, 3.05) is 23.3 Å². The molecule has 1 saturated carbocycles. The molecule has 12 heteroatoms. The highest BCUT2D eigenvalue weighted by molar-refractivity contribution is 7.22. The molecule has 168 valence electrons. The lowest BCUT2D eigenvalue weighted by molar-refractivity contribution is -0.125. The zero-order chi connectivity index (χ0) is 22.2. The molecule has 2 amide bonds. The van der Waals surface area contributed by atoms with Crippen molar-refractivity contribution >= 4 is 44.4 Å². The van der Waals surface area contributed by atoms with Gasteiger partial charge in [0.1, 0.15) is 23.3 Å². The number of thiazole rings is 1. The number of amides is 2. The second-order valence-corrected chi connectivity index (χ2v) is 9.24. The summed E-state index contributed by atoms with van der Waals surface area (Å²) in [5.74, 6) is 0.478. The molecule has 1 saturated heterocycles. The summed E-state index contributed by atoms with van der Waals surface area (Å²) in [4.78, 5) is 48.5. The van der Waals surface area contributed by atoms with Crippen molar-refractivity contribution in [1.82, 2.24) is 25.0 Å². The third-order valence-electron chi connectivity index (χ3n) is 5.57. The fourth-order valence-electron chi connectivity index (χ4n) is 3.76. The van der Waals surface area contributed by atoms with E-state index >= 15 is 0 Å². The topological polar surface area (TPSA) is 135 Å². The zero-order valence-electron chi connectivity index (χ0n) is 17.5. The highest BCUT2D eigenvalue weighted by atomic mass is 32.1. The average molecular weight is 458 g/mol. The highest BCUT2D eigenvalue weighted by Crippen LogP contribution is 2.30. The SMILES string of the molecule is Cc1cc(NC(=O)Cn2cnc3nc(N4CCCC(C(=O)NC5CC5)C4)sc3c2=O)no1. The van der Waals surface area contributed by atoms with Crippen molar-refractivity contribution in [3.8, 4) is 0 Å². The first-order valence-electron chi connectivity index (χ1n) is 10.6. The molecule has 4 heterocycles. The molecule has 3 aromatic rings. The predicted molar refractivity (Wildman–Crippen MR) is 118 cm³/mol. The van der Waals surface area contributed by atoms with Gasteiger partial charge in [0.25, 0.3) is 5.56 Å². The molecule has 1 atom stereocenters. The normalized spacial score (nSPS) is 18.7. The van der Waals surface area contributed by atoms with E-state index in [9.17, 15) is 14.4 Å². The summed E-state index contributed by atoms with van der Waals surface area (Å²) in [6.07, 6.45) is 5.19. The molecule has 2 aliphatic rings. The van der Waals surface area contributed by atoms with Gasteiger partial charge in [0, 0.05) is 25.2 Å². The van der Waals surface area contributed by atoms with Gasteiger partial charge in [0.15, 0.2) is 16.6 Å². The van der Waals surface area contributed by atoms with E-state index < -0.39 is 5.91 Å². The molecular formula is C20H23N7O4S. The van der Waals surface area contributed by atoms with Gasteiger partial charge in [-0.2, -0.15) is 4.98 Å². The molecule has 1 unspecified atom stereocenters. The zero-order valence-corrected chi connectivity index (χ0v) is 18.4. The van der Waals surface area contributed by atoms with Crippen molar-refractivity contribution in [2.45, 2.75) is 45.2 Å². The van der Waals surface area contributed by atoms with E-state index in [-0.39, 0.29) is 23.9 Å². The maximum atomic E-state index is 12.9. The molecule has 0 bridgehead atoms. The fourth-order valence-corrected chi connectivity index (χ4v) is 4.76. The van der Waals surface area contributed by atoms with E-state index in [1.165, 1.54) is 22.2 Å². The first-order chi connectivity index (χ1) is 15.5. The van der Waals surface area contributed by atoms with Crippen molar-refractivity contribution in [2.24, 2.45) is 5.92 Å². The van der Waals surface area contributed by atoms with E-state index in [0.29, 0.717) is 39.6 Å². The highest BCUT2D eigenvalue weighted by Gasteiger charge is 2.31. The van der Waals surface area contributed by atoms with Gasteiger partial charge in [-0.1, -0.05) is 16.5 Å². The largest absolute Gasteiger partial charge is 0.360 e. The number of piperidine rings is 1. The van der Waals surface area contributed by atoms with Gasteiger partial charge < -0.3 is 20.1 Å². The van der Waals surface area contributed by atoms with Crippen LogP contribution >= 0.6 is 11.3 Å². The number of carbonyl (C=O) groups is 2. The number of carbonyl (C=O) groups excluding carboxylic acids is 2. The Morgan fingerprint density at radius 1 is 1.31 bits per heavy atom. The molecule has 2 fully saturated rings. The van der Waals surface area contributed by atoms with Crippen LogP contribution in [0.4, 0.5) is 10.9 Å². The van der Waals surface area contributed by atoms with Gasteiger partial charge in [0.05, 0.1) is 5.92 Å². The molecule has 2 N–H and O–H groups in total. The van der Waals surface area contributed by atoms with Crippen LogP contribution < -0.4 is 21.1 Å². The van der Waals surface area contributed by atoms with Gasteiger partial charge in [0.2, 0.25) is 11.8 Å². The molecule has 1 aliphatic carbocycles. The third-order valence-corrected chi connectivity index (χ3v) is 6.66. The predicted octanol–water partition coefficient (Wildman–Crippen LogP) is 1.28. The lowest BCUT2D eigenvalue weighted by atomic mass is 9.97. The monoisotopic (exact) mass is 457 g/mol. The Morgan fingerprint density at radius 3 is 2.91 bits per heavy atom. The number of hydrogen-bond donors (Lipinski definition) is 2. The quantitative estimate of drug-likeness (QED) is 0.565. The van der Waals surface area contributed by atoms with Crippen LogP contribution in [0.15, 0.2) is 21.7 Å². The lowest BCUT2D eigenvalue weighted by Crippen LogP contribution is -2.43. The average Bonchev–Trinajstić information content (AvgIpc) is 3.32. The van der Waals surface area contributed by atoms with Gasteiger partial charge in [-0.05, 0) is 32.6 Å². The summed E-state index contributed by atoms with van der Waals surface area (Å²) in [5, 5.41) is 10.1. The fraction of sp³-hybridized carbons (Fsp3) is 0.500. The summed E-state index contributed by atoms with van der Waals surface area (Å²) in [7, 11) is 0. The standard InChI is InChI=1S/C20H23N7O4S/c1-11-7-14(25-31-11)23-15(28)9-27-10-21-17-16(19(27)30)32-20(24-17)26-6-2-3-12(8-26)18(29)22-13-4-5-13/h7,10,12-13H,2-6,8-9H2,1H3,(H,22,29)(H,23,25,28). The Balaban J connectivity index is 1.30. The van der Waals surface area contributed by atoms with Crippen LogP contribution in [0.1, 0.15) is 31.4 Å². The Labute approximate surface area is 186 Å². The smallest absolute Gasteiger partial charge is 0.273 e. The van der Waals surface area contributed by atoms with Crippen molar-refractivity contribution in [3.05, 3.63) is 28.5 Å². The Kier molecular flexibility index (Phi) is 5.37. The van der Waals surface area contributed by atoms with Gasteiger partial charge >= 0.3 is 0 Å². The maximum Gasteiger partial charge on any atom is 0.273 e. The van der Waals surface area contributed by atoms with Gasteiger partial charge in [-0.3, -0.25) is 19.0 Å². The molecular weight excluding hydrogens is 434 g/mol. The van der Waals surface area contributed by atoms with Crippen LogP contribution in [-0.4, -0.2) is 50.6 Å². The summed E-state index contributed by atoms with van der Waals surface area (Å²) in [6, 6.07) is 1.93. The molecule has 0 spiro atoms. The third kappa shape index (κ3) is 4.35. The van der Waals surface area contributed by atoms with Gasteiger partial charge in [-0.25, -0.2) is 4.98 Å². The minimum Gasteiger partial charge on any atom is -0.360 e. The number of nitrogens with one attached hydrogen (secondary N) is 2. The second kappa shape index (κ2) is 8.34. The van der Waals surface area contributed by atoms with E-state index in [1.54, 1.807) is 13.0 Å². The number of aryl methyl sites for hydroxylation is 1. The maximum absolute atomic E-state index is 12.9. The Bertz CT molecular complexity index is 1230. The number of anilines is 2. The first-order valence-corrected chi connectivity index (χ1v) is 11.4. The van der Waals surface area contributed by atoms with E-state index in [2.05, 4.69) is 30.7 Å². The molecule has 5 rings (SSSR count). The number of nitrogens with zero attached hydrogens (tertiary/aromatic N) is 5. The van der Waals surface area contributed by atoms with E-state index in [1.807, 2.05) is 0 Å². The molecule has 0 aromatic carbocycles. The number of rotatable bonds is 6. The lowest BCUT2D eigenvalue weighted by Gasteiger charge is -2.31. The van der Waals surface area contributed by atoms with Crippen LogP contribution in [0, 0.1) is 12.8 Å². The Morgan fingerprint density at radius 2 is 2.16 bits per heavy atom. The molecule has 11 nitrogen and oxygen atoms in total. The summed E-state index contributed by atoms with van der Waals surface area (Å²) >= 11 is 1.25. The van der Waals surface area contributed by atoms with Crippen LogP contribution in [0.2, 0.25) is 0 Å². The van der Waals surface area contributed by atoms with Crippen LogP contribution in [-0.2, 0) is 16.1 Å². The molecule has 32 heavy (non-hydrogen) atoms. The van der Waals surface area contributed by atoms with Crippen LogP contribution in [0.25, 0.3) is 10.3 Å². The summed E-state index contributed by atoms with van der Waals surface area (Å²) in [6.45, 7) is 2.87. The minimum absolute atomic E-state index is 0.0788. The molecule has 1 aliphatic heterocycles. The van der Waals surface area contributed by atoms with Crippen LogP contribution in [0.5, 0.6) is 0 Å². The number of hydrogen-bond acceptors (Lipinski definition) is 9. The second-order valence-electron chi connectivity index (χ2n) is 8.27. The number of fused-ring (bicyclic) bond motifs is 1. The van der Waals surface area contributed by atoms with E-state index in [4.69, 9.17) is 4.52 Å². The summed E-state index contributed by atoms with van der Waals surface area (Å²) < 4.78 is 6.55. The van der Waals surface area contributed by atoms with Crippen molar-refractivity contribution in [1.29, 1.82) is 0 Å². The molecule has 0 radical (unpaired) electrons. The van der Waals surface area contributed by atoms with Crippen molar-refractivity contribution < 1.29 is 14.1 Å². The number of aromatic nitrogens is 4. The molecule has 3 aromatic heterocycles. The Hall–Kier alpha value is -3.28. The van der Waals surface area contributed by atoms with Crippen molar-refractivity contribution in [3.63, 3.8) is 0 Å². The van der Waals surface area contributed by atoms with E-state index in [0.717, 1.165) is 32.2 Å². The minimum atomic E-state index is -0.410. The first kappa shape index (κ1) is 20.6. The van der Waals surface area contributed by atoms with Gasteiger partial charge in [-0.15, -0.1) is 0 Å².